The standard InChI is InChI=1S/C21H15BrN4O3S/c22-16-7-5-13(6-8-16)17-12-30-21(25-17)26-18(27)11-29-20(28)15-3-1-14(2-4-15)19-23-9-10-24-19/h1-10,12H,11H2,(H,23,24)(H,25,26,27). The molecule has 0 saturated heterocycles. The number of carbonyl (C=O) groups excluding carboxylic acids is 2. The van der Waals surface area contributed by atoms with E-state index in [0.717, 1.165) is 21.3 Å². The first kappa shape index (κ1) is 20.0. The Morgan fingerprint density at radius 2 is 1.80 bits per heavy atom. The average Bonchev–Trinajstić information content (AvgIpc) is 3.45. The molecule has 0 radical (unpaired) electrons. The van der Waals surface area contributed by atoms with Crippen LogP contribution in [0, 0.1) is 0 Å². The van der Waals surface area contributed by atoms with Crippen LogP contribution in [0.15, 0.2) is 70.8 Å². The first-order chi connectivity index (χ1) is 14.6. The Hall–Kier alpha value is -3.30. The van der Waals surface area contributed by atoms with Crippen molar-refractivity contribution in [1.82, 2.24) is 15.0 Å². The van der Waals surface area contributed by atoms with Crippen molar-refractivity contribution in [3.63, 3.8) is 0 Å². The lowest BCUT2D eigenvalue weighted by molar-refractivity contribution is -0.119. The van der Waals surface area contributed by atoms with Gasteiger partial charge in [-0.3, -0.25) is 10.1 Å². The zero-order valence-corrected chi connectivity index (χ0v) is 17.9. The van der Waals surface area contributed by atoms with Crippen LogP contribution in [0.1, 0.15) is 10.4 Å². The number of aromatic amines is 1. The number of imidazole rings is 1. The highest BCUT2D eigenvalue weighted by Crippen LogP contribution is 2.26. The smallest absolute Gasteiger partial charge is 0.338 e. The van der Waals surface area contributed by atoms with Gasteiger partial charge in [-0.1, -0.05) is 40.2 Å². The second-order valence-corrected chi connectivity index (χ2v) is 7.96. The minimum Gasteiger partial charge on any atom is -0.452 e. The lowest BCUT2D eigenvalue weighted by Crippen LogP contribution is -2.20. The molecule has 0 saturated carbocycles. The van der Waals surface area contributed by atoms with E-state index in [4.69, 9.17) is 4.74 Å². The Bertz CT molecular complexity index is 1160. The van der Waals surface area contributed by atoms with Gasteiger partial charge in [0.15, 0.2) is 11.7 Å². The highest BCUT2D eigenvalue weighted by molar-refractivity contribution is 9.10. The molecule has 2 aromatic heterocycles. The fraction of sp³-hybridized carbons (Fsp3) is 0.0476. The van der Waals surface area contributed by atoms with Crippen molar-refractivity contribution in [2.24, 2.45) is 0 Å². The van der Waals surface area contributed by atoms with E-state index < -0.39 is 18.5 Å². The maximum Gasteiger partial charge on any atom is 0.338 e. The summed E-state index contributed by atoms with van der Waals surface area (Å²) in [7, 11) is 0. The summed E-state index contributed by atoms with van der Waals surface area (Å²) in [5.41, 5.74) is 2.90. The number of halogens is 1. The number of benzene rings is 2. The summed E-state index contributed by atoms with van der Waals surface area (Å²) in [6, 6.07) is 14.5. The number of nitrogens with one attached hydrogen (secondary N) is 2. The molecular weight excluding hydrogens is 468 g/mol. The number of H-pyrrole nitrogens is 1. The van der Waals surface area contributed by atoms with Gasteiger partial charge >= 0.3 is 5.97 Å². The summed E-state index contributed by atoms with van der Waals surface area (Å²) in [6.45, 7) is -0.397. The molecule has 150 valence electrons. The molecule has 4 aromatic rings. The number of thiazole rings is 1. The summed E-state index contributed by atoms with van der Waals surface area (Å²) < 4.78 is 6.07. The van der Waals surface area contributed by atoms with Gasteiger partial charge in [0.25, 0.3) is 5.91 Å². The molecule has 0 unspecified atom stereocenters. The highest BCUT2D eigenvalue weighted by Gasteiger charge is 2.13. The van der Waals surface area contributed by atoms with Crippen molar-refractivity contribution >= 4 is 44.3 Å². The van der Waals surface area contributed by atoms with Crippen LogP contribution in [0.2, 0.25) is 0 Å². The molecule has 0 spiro atoms. The van der Waals surface area contributed by atoms with E-state index >= 15 is 0 Å². The molecule has 0 bridgehead atoms. The first-order valence-corrected chi connectivity index (χ1v) is 10.5. The number of rotatable bonds is 6. The molecule has 2 heterocycles. The van der Waals surface area contributed by atoms with Gasteiger partial charge in [-0.25, -0.2) is 14.8 Å². The largest absolute Gasteiger partial charge is 0.452 e. The predicted octanol–water partition coefficient (Wildman–Crippen LogP) is 4.76. The van der Waals surface area contributed by atoms with Crippen LogP contribution in [0.3, 0.4) is 0 Å². The quantitative estimate of drug-likeness (QED) is 0.386. The highest BCUT2D eigenvalue weighted by atomic mass is 79.9. The van der Waals surface area contributed by atoms with Crippen molar-refractivity contribution in [3.05, 3.63) is 76.3 Å². The van der Waals surface area contributed by atoms with Gasteiger partial charge in [-0.05, 0) is 24.3 Å². The van der Waals surface area contributed by atoms with Crippen molar-refractivity contribution in [1.29, 1.82) is 0 Å². The van der Waals surface area contributed by atoms with Gasteiger partial charge in [0.05, 0.1) is 11.3 Å². The lowest BCUT2D eigenvalue weighted by atomic mass is 10.1. The number of ether oxygens (including phenoxy) is 1. The van der Waals surface area contributed by atoms with E-state index in [-0.39, 0.29) is 0 Å². The van der Waals surface area contributed by atoms with Gasteiger partial charge in [-0.15, -0.1) is 11.3 Å². The van der Waals surface area contributed by atoms with Gasteiger partial charge in [0.2, 0.25) is 0 Å². The number of anilines is 1. The van der Waals surface area contributed by atoms with Crippen molar-refractivity contribution in [2.45, 2.75) is 0 Å². The van der Waals surface area contributed by atoms with Crippen LogP contribution < -0.4 is 5.32 Å². The van der Waals surface area contributed by atoms with Crippen LogP contribution >= 0.6 is 27.3 Å². The number of nitrogens with zero attached hydrogens (tertiary/aromatic N) is 2. The van der Waals surface area contributed by atoms with E-state index in [1.807, 2.05) is 29.6 Å². The fourth-order valence-corrected chi connectivity index (χ4v) is 3.64. The summed E-state index contributed by atoms with van der Waals surface area (Å²) in [5.74, 6) is -0.321. The molecule has 2 aromatic carbocycles. The Balaban J connectivity index is 1.30. The van der Waals surface area contributed by atoms with Gasteiger partial charge < -0.3 is 9.72 Å². The Morgan fingerprint density at radius 3 is 2.50 bits per heavy atom. The van der Waals surface area contributed by atoms with Gasteiger partial charge in [-0.2, -0.15) is 0 Å². The Kier molecular flexibility index (Phi) is 6.01. The van der Waals surface area contributed by atoms with E-state index in [1.54, 1.807) is 36.7 Å². The molecule has 9 heteroatoms. The summed E-state index contributed by atoms with van der Waals surface area (Å²) in [5, 5.41) is 4.94. The van der Waals surface area contributed by atoms with Crippen LogP contribution in [0.5, 0.6) is 0 Å². The molecule has 4 rings (SSSR count). The molecule has 0 atom stereocenters. The molecule has 7 nitrogen and oxygen atoms in total. The van der Waals surface area contributed by atoms with Gasteiger partial charge in [0, 0.05) is 33.4 Å². The Labute approximate surface area is 184 Å². The molecule has 1 amide bonds. The minimum atomic E-state index is -0.578. The maximum absolute atomic E-state index is 12.2. The van der Waals surface area contributed by atoms with E-state index in [9.17, 15) is 9.59 Å². The second kappa shape index (κ2) is 9.02. The molecular formula is C21H15BrN4O3S. The normalized spacial score (nSPS) is 10.6. The first-order valence-electron chi connectivity index (χ1n) is 8.87. The maximum atomic E-state index is 12.2. The summed E-state index contributed by atoms with van der Waals surface area (Å²) in [4.78, 5) is 35.8. The van der Waals surface area contributed by atoms with Crippen LogP contribution in [-0.4, -0.2) is 33.4 Å². The van der Waals surface area contributed by atoms with E-state index in [2.05, 4.69) is 36.2 Å². The predicted molar refractivity (Wildman–Crippen MR) is 118 cm³/mol. The molecule has 30 heavy (non-hydrogen) atoms. The topological polar surface area (TPSA) is 97.0 Å². The average molecular weight is 483 g/mol. The minimum absolute atomic E-state index is 0.352. The lowest BCUT2D eigenvalue weighted by Gasteiger charge is -2.05. The zero-order chi connectivity index (χ0) is 20.9. The van der Waals surface area contributed by atoms with Crippen molar-refractivity contribution in [2.75, 3.05) is 11.9 Å². The van der Waals surface area contributed by atoms with Crippen LogP contribution in [0.25, 0.3) is 22.6 Å². The van der Waals surface area contributed by atoms with Gasteiger partial charge in [0.1, 0.15) is 5.82 Å². The third-order valence-electron chi connectivity index (χ3n) is 4.12. The van der Waals surface area contributed by atoms with E-state index in [0.29, 0.717) is 16.5 Å². The summed E-state index contributed by atoms with van der Waals surface area (Å²) >= 11 is 4.70. The second-order valence-electron chi connectivity index (χ2n) is 6.18. The fourth-order valence-electron chi connectivity index (χ4n) is 2.64. The number of carbonyl (C=O) groups is 2. The number of hydrogen-bond donors (Lipinski definition) is 2. The van der Waals surface area contributed by atoms with Crippen molar-refractivity contribution in [3.8, 4) is 22.6 Å². The number of aromatic nitrogens is 3. The molecule has 0 aliphatic rings. The number of esters is 1. The SMILES string of the molecule is O=C(COC(=O)c1ccc(-c2ncc[nH]2)cc1)Nc1nc(-c2ccc(Br)cc2)cs1. The third-order valence-corrected chi connectivity index (χ3v) is 5.40. The molecule has 0 fully saturated rings. The summed E-state index contributed by atoms with van der Waals surface area (Å²) in [6.07, 6.45) is 3.38. The molecule has 0 aliphatic heterocycles. The van der Waals surface area contributed by atoms with Crippen LogP contribution in [0.4, 0.5) is 5.13 Å². The molecule has 2 N–H and O–H groups in total. The number of amides is 1. The molecule has 0 aliphatic carbocycles. The van der Waals surface area contributed by atoms with Crippen molar-refractivity contribution < 1.29 is 14.3 Å². The zero-order valence-electron chi connectivity index (χ0n) is 15.5. The third kappa shape index (κ3) is 4.81. The Morgan fingerprint density at radius 1 is 1.07 bits per heavy atom. The van der Waals surface area contributed by atoms with E-state index in [1.165, 1.54) is 11.3 Å². The van der Waals surface area contributed by atoms with Crippen LogP contribution in [-0.2, 0) is 9.53 Å². The monoisotopic (exact) mass is 482 g/mol. The number of hydrogen-bond acceptors (Lipinski definition) is 6.